The summed E-state index contributed by atoms with van der Waals surface area (Å²) in [6.07, 6.45) is -0.397. The average molecular weight is 289 g/mol. The fourth-order valence-electron chi connectivity index (χ4n) is 2.30. The second-order valence-corrected chi connectivity index (χ2v) is 5.87. The van der Waals surface area contributed by atoms with Crippen molar-refractivity contribution in [2.45, 2.75) is 13.0 Å². The third-order valence-electron chi connectivity index (χ3n) is 3.23. The van der Waals surface area contributed by atoms with Crippen LogP contribution in [0.2, 0.25) is 0 Å². The van der Waals surface area contributed by atoms with Crippen LogP contribution >= 0.6 is 11.3 Å². The standard InChI is InChI=1S/C13H15N5OS/c1-8-5-10-11(16-13(15-2)17-12(10)20-8)18-3-4-19-9(6-14)7-18/h5,9H,3-4,7H2,1-2H3,(H,15,16,17). The number of morpholine rings is 1. The van der Waals surface area contributed by atoms with E-state index < -0.39 is 6.10 Å². The highest BCUT2D eigenvalue weighted by Crippen LogP contribution is 2.32. The minimum absolute atomic E-state index is 0.397. The fraction of sp³-hybridized carbons (Fsp3) is 0.462. The third kappa shape index (κ3) is 2.28. The first-order valence-electron chi connectivity index (χ1n) is 6.43. The highest BCUT2D eigenvalue weighted by molar-refractivity contribution is 7.18. The summed E-state index contributed by atoms with van der Waals surface area (Å²) in [5.74, 6) is 1.49. The first-order valence-corrected chi connectivity index (χ1v) is 7.25. The molecule has 1 saturated heterocycles. The highest BCUT2D eigenvalue weighted by Gasteiger charge is 2.24. The molecule has 0 spiro atoms. The zero-order valence-electron chi connectivity index (χ0n) is 11.4. The van der Waals surface area contributed by atoms with E-state index in [4.69, 9.17) is 10.00 Å². The van der Waals surface area contributed by atoms with Gasteiger partial charge in [-0.2, -0.15) is 10.2 Å². The first kappa shape index (κ1) is 13.1. The molecule has 6 nitrogen and oxygen atoms in total. The van der Waals surface area contributed by atoms with Crippen molar-refractivity contribution in [3.63, 3.8) is 0 Å². The van der Waals surface area contributed by atoms with Gasteiger partial charge in [0.25, 0.3) is 0 Å². The molecule has 7 heteroatoms. The summed E-state index contributed by atoms with van der Waals surface area (Å²) >= 11 is 1.65. The van der Waals surface area contributed by atoms with Crippen LogP contribution in [0.5, 0.6) is 0 Å². The van der Waals surface area contributed by atoms with Crippen molar-refractivity contribution in [2.24, 2.45) is 0 Å². The van der Waals surface area contributed by atoms with Crippen LogP contribution in [0.4, 0.5) is 11.8 Å². The predicted octanol–water partition coefficient (Wildman–Crippen LogP) is 1.77. The molecule has 1 fully saturated rings. The fourth-order valence-corrected chi connectivity index (χ4v) is 3.17. The predicted molar refractivity (Wildman–Crippen MR) is 79.3 cm³/mol. The molecule has 0 aromatic carbocycles. The van der Waals surface area contributed by atoms with Crippen LogP contribution in [0, 0.1) is 18.3 Å². The van der Waals surface area contributed by atoms with Crippen LogP contribution in [0.25, 0.3) is 10.2 Å². The van der Waals surface area contributed by atoms with Gasteiger partial charge in [0.15, 0.2) is 6.10 Å². The smallest absolute Gasteiger partial charge is 0.225 e. The maximum Gasteiger partial charge on any atom is 0.225 e. The van der Waals surface area contributed by atoms with Gasteiger partial charge in [-0.1, -0.05) is 0 Å². The Balaban J connectivity index is 2.07. The highest BCUT2D eigenvalue weighted by atomic mass is 32.1. The number of rotatable bonds is 2. The van der Waals surface area contributed by atoms with Gasteiger partial charge in [-0.15, -0.1) is 11.3 Å². The summed E-state index contributed by atoms with van der Waals surface area (Å²) in [6.45, 7) is 3.89. The second kappa shape index (κ2) is 5.23. The Bertz CT molecular complexity index is 677. The van der Waals surface area contributed by atoms with Crippen molar-refractivity contribution < 1.29 is 4.74 Å². The maximum atomic E-state index is 9.03. The third-order valence-corrected chi connectivity index (χ3v) is 4.17. The Hall–Kier alpha value is -1.91. The number of fused-ring (bicyclic) bond motifs is 1. The Morgan fingerprint density at radius 3 is 3.15 bits per heavy atom. The molecule has 1 unspecified atom stereocenters. The summed E-state index contributed by atoms with van der Waals surface area (Å²) < 4.78 is 5.39. The van der Waals surface area contributed by atoms with Crippen molar-refractivity contribution in [1.82, 2.24) is 9.97 Å². The van der Waals surface area contributed by atoms with Gasteiger partial charge in [0.1, 0.15) is 10.6 Å². The molecule has 0 amide bonds. The molecule has 3 heterocycles. The van der Waals surface area contributed by atoms with Gasteiger partial charge >= 0.3 is 0 Å². The van der Waals surface area contributed by atoms with Crippen molar-refractivity contribution in [2.75, 3.05) is 37.0 Å². The topological polar surface area (TPSA) is 74.1 Å². The lowest BCUT2D eigenvalue weighted by atomic mass is 10.2. The summed E-state index contributed by atoms with van der Waals surface area (Å²) in [6, 6.07) is 4.27. The van der Waals surface area contributed by atoms with Gasteiger partial charge in [0.05, 0.1) is 24.6 Å². The quantitative estimate of drug-likeness (QED) is 0.908. The molecule has 1 N–H and O–H groups in total. The van der Waals surface area contributed by atoms with E-state index in [0.717, 1.165) is 22.6 Å². The molecule has 0 aliphatic carbocycles. The van der Waals surface area contributed by atoms with Crippen molar-refractivity contribution in [1.29, 1.82) is 5.26 Å². The number of ether oxygens (including phenoxy) is 1. The number of thiophene rings is 1. The Morgan fingerprint density at radius 1 is 1.55 bits per heavy atom. The van der Waals surface area contributed by atoms with Gasteiger partial charge in [-0.3, -0.25) is 0 Å². The molecular weight excluding hydrogens is 274 g/mol. The Morgan fingerprint density at radius 2 is 2.40 bits per heavy atom. The van der Waals surface area contributed by atoms with E-state index >= 15 is 0 Å². The van der Waals surface area contributed by atoms with Gasteiger partial charge in [-0.05, 0) is 13.0 Å². The molecule has 2 aromatic rings. The van der Waals surface area contributed by atoms with E-state index in [1.54, 1.807) is 11.3 Å². The molecule has 104 valence electrons. The summed E-state index contributed by atoms with van der Waals surface area (Å²) in [4.78, 5) is 13.3. The van der Waals surface area contributed by atoms with Crippen LogP contribution < -0.4 is 10.2 Å². The van der Waals surface area contributed by atoms with E-state index in [1.165, 1.54) is 4.88 Å². The molecule has 0 bridgehead atoms. The first-order chi connectivity index (χ1) is 9.71. The monoisotopic (exact) mass is 289 g/mol. The molecule has 1 aliphatic rings. The largest absolute Gasteiger partial charge is 0.360 e. The van der Waals surface area contributed by atoms with Crippen molar-refractivity contribution in [3.05, 3.63) is 10.9 Å². The zero-order chi connectivity index (χ0) is 14.1. The normalized spacial score (nSPS) is 19.1. The lowest BCUT2D eigenvalue weighted by Crippen LogP contribution is -2.42. The van der Waals surface area contributed by atoms with E-state index in [2.05, 4.69) is 39.2 Å². The zero-order valence-corrected chi connectivity index (χ0v) is 12.2. The van der Waals surface area contributed by atoms with Gasteiger partial charge < -0.3 is 15.0 Å². The number of hydrogen-bond acceptors (Lipinski definition) is 7. The van der Waals surface area contributed by atoms with Crippen LogP contribution in [-0.4, -0.2) is 42.8 Å². The van der Waals surface area contributed by atoms with E-state index in [0.29, 0.717) is 19.1 Å². The van der Waals surface area contributed by atoms with E-state index in [-0.39, 0.29) is 0 Å². The van der Waals surface area contributed by atoms with Crippen LogP contribution in [0.15, 0.2) is 6.07 Å². The summed E-state index contributed by atoms with van der Waals surface area (Å²) in [7, 11) is 1.81. The van der Waals surface area contributed by atoms with Crippen LogP contribution in [-0.2, 0) is 4.74 Å². The number of aryl methyl sites for hydroxylation is 1. The number of hydrogen-bond donors (Lipinski definition) is 1. The lowest BCUT2D eigenvalue weighted by Gasteiger charge is -2.31. The number of nitrogens with zero attached hydrogens (tertiary/aromatic N) is 4. The SMILES string of the molecule is CNc1nc(N2CCOC(C#N)C2)c2cc(C)sc2n1. The molecule has 20 heavy (non-hydrogen) atoms. The maximum absolute atomic E-state index is 9.03. The Kier molecular flexibility index (Phi) is 3.42. The summed E-state index contributed by atoms with van der Waals surface area (Å²) in [5, 5.41) is 13.1. The minimum Gasteiger partial charge on any atom is -0.360 e. The van der Waals surface area contributed by atoms with Gasteiger partial charge in [0, 0.05) is 18.5 Å². The molecule has 0 saturated carbocycles. The van der Waals surface area contributed by atoms with Crippen LogP contribution in [0.1, 0.15) is 4.88 Å². The molecule has 2 aromatic heterocycles. The second-order valence-electron chi connectivity index (χ2n) is 4.63. The Labute approximate surface area is 121 Å². The van der Waals surface area contributed by atoms with Gasteiger partial charge in [-0.25, -0.2) is 4.98 Å². The summed E-state index contributed by atoms with van der Waals surface area (Å²) in [5.41, 5.74) is 0. The van der Waals surface area contributed by atoms with Gasteiger partial charge in [0.2, 0.25) is 5.95 Å². The number of aromatic nitrogens is 2. The van der Waals surface area contributed by atoms with E-state index in [9.17, 15) is 0 Å². The molecule has 3 rings (SSSR count). The van der Waals surface area contributed by atoms with Crippen LogP contribution in [0.3, 0.4) is 0 Å². The lowest BCUT2D eigenvalue weighted by molar-refractivity contribution is 0.0763. The van der Waals surface area contributed by atoms with Crippen molar-refractivity contribution >= 4 is 33.3 Å². The van der Waals surface area contributed by atoms with E-state index in [1.807, 2.05) is 7.05 Å². The number of nitrogens with one attached hydrogen (secondary N) is 1. The average Bonchev–Trinajstić information content (AvgIpc) is 2.86. The van der Waals surface area contributed by atoms with Crippen molar-refractivity contribution in [3.8, 4) is 6.07 Å². The molecule has 1 aliphatic heterocycles. The minimum atomic E-state index is -0.397. The number of anilines is 2. The molecule has 0 radical (unpaired) electrons. The molecular formula is C13H15N5OS. The number of nitriles is 1. The molecule has 1 atom stereocenters.